The first-order chi connectivity index (χ1) is 31.6. The normalized spacial score (nSPS) is 20.8. The summed E-state index contributed by atoms with van der Waals surface area (Å²) < 4.78 is 38.9. The van der Waals surface area contributed by atoms with Gasteiger partial charge in [-0.2, -0.15) is 4.98 Å². The van der Waals surface area contributed by atoms with Crippen molar-refractivity contribution in [3.05, 3.63) is 74.9 Å². The summed E-state index contributed by atoms with van der Waals surface area (Å²) in [7, 11) is 1.50. The quantitative estimate of drug-likeness (QED) is 0.162. The van der Waals surface area contributed by atoms with Crippen molar-refractivity contribution in [1.29, 1.82) is 0 Å². The third kappa shape index (κ3) is 8.88. The largest absolute Gasteiger partial charge is 0.478 e. The van der Waals surface area contributed by atoms with Crippen LogP contribution in [0.1, 0.15) is 87.2 Å². The maximum Gasteiger partial charge on any atom is 0.293 e. The fourth-order valence-electron chi connectivity index (χ4n) is 10.5. The number of likely N-dealkylation sites (tertiary alicyclic amines) is 1. The topological polar surface area (TPSA) is 174 Å². The Kier molecular flexibility index (Phi) is 12.4. The third-order valence-corrected chi connectivity index (χ3v) is 14.6. The van der Waals surface area contributed by atoms with Crippen molar-refractivity contribution < 1.29 is 32.7 Å². The molecule has 4 amide bonds. The minimum atomic E-state index is -1.38. The molecule has 2 aromatic carbocycles. The molecule has 2 aromatic heterocycles. The molecule has 66 heavy (non-hydrogen) atoms. The second-order valence-electron chi connectivity index (χ2n) is 18.7. The van der Waals surface area contributed by atoms with Crippen LogP contribution in [0.3, 0.4) is 0 Å². The standard InChI is InChI=1S/C47H55ClF2N10O6/c1-28(2)60-34-6-4-30(22-29(34)23-37(43(60)64)66-26-39(62)51-3)53-41-32(48)24-52-45(55-41)58-18-12-46(13-19-58)10-16-56(17-11-46)27-47(50)14-20-57(21-15-47)35-7-5-33(49)40-31(35)25-59(44(40)65)36-8-9-38(61)54-42(36)63/h4-7,22-24,28,36H,8-21,25-27H2,1-3H3,(H,51,62)(H,52,53,55)(H,54,61,63). The Bertz CT molecular complexity index is 2640. The van der Waals surface area contributed by atoms with Crippen molar-refractivity contribution in [3.63, 3.8) is 0 Å². The van der Waals surface area contributed by atoms with E-state index in [0.717, 1.165) is 62.8 Å². The summed E-state index contributed by atoms with van der Waals surface area (Å²) in [4.78, 5) is 80.1. The molecule has 5 aliphatic rings. The van der Waals surface area contributed by atoms with Crippen molar-refractivity contribution >= 4 is 69.3 Å². The first-order valence-electron chi connectivity index (χ1n) is 22.8. The number of hydrogen-bond acceptors (Lipinski definition) is 12. The van der Waals surface area contributed by atoms with Crippen molar-refractivity contribution in [2.24, 2.45) is 5.41 Å². The number of alkyl halides is 1. The zero-order valence-corrected chi connectivity index (χ0v) is 38.2. The average Bonchev–Trinajstić information content (AvgIpc) is 3.64. The third-order valence-electron chi connectivity index (χ3n) is 14.3. The SMILES string of the molecule is CNC(=O)COc1cc2cc(Nc3nc(N4CCC5(CCN(CC6(F)CCN(c7ccc(F)c8c7CN(C7CCC(=O)NC7=O)C8=O)CC6)CC5)CC4)ncc3Cl)ccc2n(C(C)C)c1=O. The summed E-state index contributed by atoms with van der Waals surface area (Å²) in [6.07, 6.45) is 6.37. The summed E-state index contributed by atoms with van der Waals surface area (Å²) in [6, 6.07) is 9.16. The van der Waals surface area contributed by atoms with Gasteiger partial charge in [-0.3, -0.25) is 29.3 Å². The van der Waals surface area contributed by atoms with E-state index in [-0.39, 0.29) is 66.1 Å². The number of hydrogen-bond donors (Lipinski definition) is 3. The van der Waals surface area contributed by atoms with Crippen LogP contribution < -0.4 is 36.0 Å². The summed E-state index contributed by atoms with van der Waals surface area (Å²) in [5.74, 6) is -1.40. The van der Waals surface area contributed by atoms with Gasteiger partial charge in [0.2, 0.25) is 17.8 Å². The van der Waals surface area contributed by atoms with Gasteiger partial charge < -0.3 is 39.5 Å². The summed E-state index contributed by atoms with van der Waals surface area (Å²) in [5, 5.41) is 9.21. The van der Waals surface area contributed by atoms with E-state index in [2.05, 4.69) is 30.7 Å². The van der Waals surface area contributed by atoms with Crippen LogP contribution in [0.4, 0.5) is 31.9 Å². The van der Waals surface area contributed by atoms with Crippen molar-refractivity contribution in [1.82, 2.24) is 35.0 Å². The minimum absolute atomic E-state index is 0.0489. The second kappa shape index (κ2) is 18.1. The van der Waals surface area contributed by atoms with Crippen molar-refractivity contribution in [2.75, 3.05) is 74.6 Å². The number of ether oxygens (including phenoxy) is 1. The molecule has 4 aromatic rings. The Morgan fingerprint density at radius 3 is 2.38 bits per heavy atom. The van der Waals surface area contributed by atoms with E-state index in [9.17, 15) is 24.0 Å². The van der Waals surface area contributed by atoms with Crippen LogP contribution in [-0.4, -0.2) is 119 Å². The molecule has 1 unspecified atom stereocenters. The smallest absolute Gasteiger partial charge is 0.293 e. The van der Waals surface area contributed by atoms with Crippen LogP contribution in [-0.2, 0) is 20.9 Å². The molecule has 1 atom stereocenters. The predicted octanol–water partition coefficient (Wildman–Crippen LogP) is 5.49. The highest BCUT2D eigenvalue weighted by Gasteiger charge is 2.45. The molecular formula is C47H55ClF2N10O6. The number of fused-ring (bicyclic) bond motifs is 2. The number of nitrogens with one attached hydrogen (secondary N) is 3. The molecule has 0 saturated carbocycles. The molecule has 3 N–H and O–H groups in total. The average molecular weight is 929 g/mol. The first kappa shape index (κ1) is 45.3. The maximum absolute atomic E-state index is 16.6. The number of carbonyl (C=O) groups is 4. The molecule has 4 fully saturated rings. The lowest BCUT2D eigenvalue weighted by Gasteiger charge is -2.48. The van der Waals surface area contributed by atoms with E-state index in [1.807, 2.05) is 36.9 Å². The molecule has 1 spiro atoms. The van der Waals surface area contributed by atoms with Gasteiger partial charge in [-0.25, -0.2) is 13.8 Å². The Morgan fingerprint density at radius 2 is 1.68 bits per heavy atom. The molecule has 16 nitrogen and oxygen atoms in total. The number of nitrogens with zero attached hydrogens (tertiary/aromatic N) is 7. The number of rotatable bonds is 11. The Morgan fingerprint density at radius 1 is 0.970 bits per heavy atom. The van der Waals surface area contributed by atoms with Gasteiger partial charge in [0.15, 0.2) is 18.2 Å². The monoisotopic (exact) mass is 928 g/mol. The number of anilines is 4. The predicted molar refractivity (Wildman–Crippen MR) is 246 cm³/mol. The van der Waals surface area contributed by atoms with Gasteiger partial charge >= 0.3 is 0 Å². The zero-order chi connectivity index (χ0) is 46.5. The maximum atomic E-state index is 16.6. The molecule has 350 valence electrons. The number of imide groups is 1. The highest BCUT2D eigenvalue weighted by atomic mass is 35.5. The van der Waals surface area contributed by atoms with E-state index in [0.29, 0.717) is 66.2 Å². The molecule has 4 saturated heterocycles. The number of piperidine rings is 4. The van der Waals surface area contributed by atoms with Gasteiger partial charge in [-0.15, -0.1) is 0 Å². The van der Waals surface area contributed by atoms with Crippen LogP contribution in [0.15, 0.2) is 47.4 Å². The van der Waals surface area contributed by atoms with Crippen LogP contribution in [0, 0.1) is 11.2 Å². The Labute approximate surface area is 386 Å². The molecular weight excluding hydrogens is 874 g/mol. The number of likely N-dealkylation sites (N-methyl/N-ethyl adjacent to an activating group) is 1. The van der Waals surface area contributed by atoms with Crippen LogP contribution >= 0.6 is 11.6 Å². The van der Waals surface area contributed by atoms with E-state index < -0.39 is 29.3 Å². The Hall–Kier alpha value is -5.88. The Balaban J connectivity index is 0.783. The number of aromatic nitrogens is 3. The summed E-state index contributed by atoms with van der Waals surface area (Å²) in [6.45, 7) is 7.95. The van der Waals surface area contributed by atoms with Crippen LogP contribution in [0.5, 0.6) is 5.75 Å². The summed E-state index contributed by atoms with van der Waals surface area (Å²) >= 11 is 6.63. The lowest BCUT2D eigenvalue weighted by atomic mass is 9.71. The first-order valence-corrected chi connectivity index (χ1v) is 23.2. The minimum Gasteiger partial charge on any atom is -0.478 e. The van der Waals surface area contributed by atoms with Crippen molar-refractivity contribution in [2.45, 2.75) is 89.5 Å². The van der Waals surface area contributed by atoms with Crippen molar-refractivity contribution in [3.8, 4) is 5.75 Å². The number of amides is 4. The van der Waals surface area contributed by atoms with Gasteiger partial charge in [0.05, 0.1) is 17.3 Å². The number of pyridine rings is 1. The fourth-order valence-corrected chi connectivity index (χ4v) is 10.6. The molecule has 0 aliphatic carbocycles. The summed E-state index contributed by atoms with van der Waals surface area (Å²) in [5.41, 5.74) is 1.01. The van der Waals surface area contributed by atoms with Gasteiger partial charge in [-0.1, -0.05) is 11.6 Å². The number of carbonyl (C=O) groups excluding carboxylic acids is 4. The van der Waals surface area contributed by atoms with E-state index in [1.165, 1.54) is 18.0 Å². The van der Waals surface area contributed by atoms with Gasteiger partial charge in [0.25, 0.3) is 17.4 Å². The van der Waals surface area contributed by atoms with Gasteiger partial charge in [0.1, 0.15) is 22.6 Å². The molecule has 9 rings (SSSR count). The van der Waals surface area contributed by atoms with Crippen LogP contribution in [0.25, 0.3) is 10.9 Å². The van der Waals surface area contributed by atoms with E-state index in [1.54, 1.807) is 22.9 Å². The molecule has 19 heteroatoms. The highest BCUT2D eigenvalue weighted by Crippen LogP contribution is 2.44. The fraction of sp³-hybridized carbons (Fsp3) is 0.511. The lowest BCUT2D eigenvalue weighted by molar-refractivity contribution is -0.137. The second-order valence-corrected chi connectivity index (χ2v) is 19.1. The molecule has 5 aliphatic heterocycles. The number of benzene rings is 2. The van der Waals surface area contributed by atoms with E-state index >= 15 is 8.78 Å². The van der Waals surface area contributed by atoms with Gasteiger partial charge in [0, 0.05) is 93.9 Å². The zero-order valence-electron chi connectivity index (χ0n) is 37.4. The lowest BCUT2D eigenvalue weighted by Crippen LogP contribution is -2.52. The van der Waals surface area contributed by atoms with Gasteiger partial charge in [-0.05, 0) is 101 Å². The van der Waals surface area contributed by atoms with E-state index in [4.69, 9.17) is 21.3 Å². The molecule has 0 bridgehead atoms. The highest BCUT2D eigenvalue weighted by molar-refractivity contribution is 6.33. The molecule has 0 radical (unpaired) electrons. The molecule has 7 heterocycles. The number of halogens is 3. The van der Waals surface area contributed by atoms with Crippen LogP contribution in [0.2, 0.25) is 5.02 Å².